The van der Waals surface area contributed by atoms with Gasteiger partial charge in [-0.3, -0.25) is 14.4 Å². The molecule has 2 heterocycles. The lowest BCUT2D eigenvalue weighted by Crippen LogP contribution is -2.58. The van der Waals surface area contributed by atoms with Crippen molar-refractivity contribution in [3.05, 3.63) is 58.3 Å². The zero-order valence-electron chi connectivity index (χ0n) is 17.2. The van der Waals surface area contributed by atoms with Gasteiger partial charge in [0.15, 0.2) is 15.6 Å². The van der Waals surface area contributed by atoms with Crippen molar-refractivity contribution < 1.29 is 27.5 Å². The highest BCUT2D eigenvalue weighted by molar-refractivity contribution is 7.90. The number of rotatable bonds is 8. The molecule has 3 rings (SSSR count). The van der Waals surface area contributed by atoms with Crippen LogP contribution in [0.4, 0.5) is 0 Å². The molecule has 0 bridgehead atoms. The second-order valence-electron chi connectivity index (χ2n) is 7.65. The molecular formula is C21H24N2O6S2. The first-order valence-electron chi connectivity index (χ1n) is 9.66. The van der Waals surface area contributed by atoms with Gasteiger partial charge in [-0.2, -0.15) is 11.3 Å². The molecule has 10 heteroatoms. The van der Waals surface area contributed by atoms with Crippen LogP contribution in [0.15, 0.2) is 47.2 Å². The molecule has 0 aliphatic carbocycles. The Hall–Kier alpha value is -2.56. The lowest BCUT2D eigenvalue weighted by Gasteiger charge is -2.30. The smallest absolute Gasteiger partial charge is 0.252 e. The molecule has 0 saturated carbocycles. The normalized spacial score (nSPS) is 22.1. The van der Waals surface area contributed by atoms with Gasteiger partial charge in [-0.25, -0.2) is 8.42 Å². The van der Waals surface area contributed by atoms with Crippen molar-refractivity contribution in [2.75, 3.05) is 12.4 Å². The fourth-order valence-electron chi connectivity index (χ4n) is 3.21. The molecule has 2 N–H and O–H groups in total. The number of amides is 2. The van der Waals surface area contributed by atoms with Crippen LogP contribution in [0.3, 0.4) is 0 Å². The zero-order valence-corrected chi connectivity index (χ0v) is 18.8. The molecule has 1 saturated heterocycles. The van der Waals surface area contributed by atoms with Gasteiger partial charge in [0.2, 0.25) is 5.91 Å². The summed E-state index contributed by atoms with van der Waals surface area (Å²) in [6.45, 7) is 3.04. The van der Waals surface area contributed by atoms with E-state index in [-0.39, 0.29) is 18.1 Å². The number of ketones is 1. The average Bonchev–Trinajstić information content (AvgIpc) is 3.33. The van der Waals surface area contributed by atoms with Gasteiger partial charge in [0.1, 0.15) is 18.4 Å². The van der Waals surface area contributed by atoms with E-state index in [1.165, 1.54) is 11.3 Å². The minimum atomic E-state index is -3.75. The molecule has 1 aliphatic rings. The summed E-state index contributed by atoms with van der Waals surface area (Å²) >= 11 is 1.31. The second-order valence-corrected chi connectivity index (χ2v) is 10.5. The van der Waals surface area contributed by atoms with Crippen molar-refractivity contribution in [2.45, 2.75) is 31.4 Å². The van der Waals surface area contributed by atoms with Gasteiger partial charge in [-0.15, -0.1) is 0 Å². The molecule has 2 amide bonds. The van der Waals surface area contributed by atoms with Gasteiger partial charge in [0.05, 0.1) is 23.0 Å². The molecule has 166 valence electrons. The minimum absolute atomic E-state index is 0.143. The third-order valence-corrected chi connectivity index (χ3v) is 7.55. The monoisotopic (exact) mass is 464 g/mol. The van der Waals surface area contributed by atoms with Gasteiger partial charge in [-0.05, 0) is 23.9 Å². The standard InChI is InChI=1S/C21H24N2O6S2/c1-14-18(24)10-29-21(14,2)23-20(26)17(22-19(25)16-8-9-30-11-16)13-31(27,28)12-15-6-4-3-5-7-15/h3-9,11,14,17H,10,12-13H2,1-2H3,(H,22,25)(H,23,26). The van der Waals surface area contributed by atoms with Crippen molar-refractivity contribution >= 4 is 38.8 Å². The predicted octanol–water partition coefficient (Wildman–Crippen LogP) is 1.53. The van der Waals surface area contributed by atoms with Crippen molar-refractivity contribution in [1.29, 1.82) is 0 Å². The van der Waals surface area contributed by atoms with Crippen LogP contribution >= 0.6 is 11.3 Å². The molecule has 8 nitrogen and oxygen atoms in total. The first-order chi connectivity index (χ1) is 14.6. The number of hydrogen-bond donors (Lipinski definition) is 2. The van der Waals surface area contributed by atoms with E-state index >= 15 is 0 Å². The zero-order chi connectivity index (χ0) is 22.6. The highest BCUT2D eigenvalue weighted by Crippen LogP contribution is 2.26. The molecule has 0 spiro atoms. The Kier molecular flexibility index (Phi) is 6.93. The molecular weight excluding hydrogens is 440 g/mol. The quantitative estimate of drug-likeness (QED) is 0.612. The van der Waals surface area contributed by atoms with E-state index in [4.69, 9.17) is 4.74 Å². The number of sulfone groups is 1. The van der Waals surface area contributed by atoms with Gasteiger partial charge in [0.25, 0.3) is 5.91 Å². The SMILES string of the molecule is CC1C(=O)COC1(C)NC(=O)C(CS(=O)(=O)Cc1ccccc1)NC(=O)c1ccsc1. The van der Waals surface area contributed by atoms with Crippen LogP contribution in [0.25, 0.3) is 0 Å². The number of hydrogen-bond acceptors (Lipinski definition) is 7. The fraction of sp³-hybridized carbons (Fsp3) is 0.381. The maximum atomic E-state index is 13.0. The molecule has 1 aliphatic heterocycles. The molecule has 2 aromatic rings. The molecule has 0 radical (unpaired) electrons. The van der Waals surface area contributed by atoms with E-state index in [0.717, 1.165) is 0 Å². The van der Waals surface area contributed by atoms with Crippen LogP contribution in [0, 0.1) is 5.92 Å². The number of thiophene rings is 1. The summed E-state index contributed by atoms with van der Waals surface area (Å²) in [4.78, 5) is 37.4. The molecule has 1 fully saturated rings. The highest BCUT2D eigenvalue weighted by Gasteiger charge is 2.45. The molecule has 1 aromatic carbocycles. The van der Waals surface area contributed by atoms with E-state index in [2.05, 4.69) is 10.6 Å². The van der Waals surface area contributed by atoms with Crippen molar-refractivity contribution in [1.82, 2.24) is 10.6 Å². The Morgan fingerprint density at radius 3 is 2.55 bits per heavy atom. The lowest BCUT2D eigenvalue weighted by molar-refractivity contribution is -0.132. The first kappa shape index (κ1) is 23.1. The number of carbonyl (C=O) groups excluding carboxylic acids is 3. The minimum Gasteiger partial charge on any atom is -0.348 e. The van der Waals surface area contributed by atoms with Crippen LogP contribution < -0.4 is 10.6 Å². The number of nitrogens with one attached hydrogen (secondary N) is 2. The summed E-state index contributed by atoms with van der Waals surface area (Å²) in [5, 5.41) is 8.44. The summed E-state index contributed by atoms with van der Waals surface area (Å²) in [5.41, 5.74) is -0.367. The topological polar surface area (TPSA) is 119 Å². The fourth-order valence-corrected chi connectivity index (χ4v) is 5.41. The van der Waals surface area contributed by atoms with Crippen molar-refractivity contribution in [2.24, 2.45) is 5.92 Å². The maximum Gasteiger partial charge on any atom is 0.252 e. The van der Waals surface area contributed by atoms with Crippen molar-refractivity contribution in [3.63, 3.8) is 0 Å². The summed E-state index contributed by atoms with van der Waals surface area (Å²) in [5.74, 6) is -2.93. The lowest BCUT2D eigenvalue weighted by atomic mass is 9.97. The predicted molar refractivity (Wildman–Crippen MR) is 116 cm³/mol. The van der Waals surface area contributed by atoms with E-state index in [1.54, 1.807) is 61.0 Å². The molecule has 1 aromatic heterocycles. The highest BCUT2D eigenvalue weighted by atomic mass is 32.2. The molecule has 3 atom stereocenters. The van der Waals surface area contributed by atoms with Crippen LogP contribution in [-0.2, 0) is 29.9 Å². The van der Waals surface area contributed by atoms with Crippen LogP contribution in [-0.4, -0.2) is 50.1 Å². The Balaban J connectivity index is 1.79. The van der Waals surface area contributed by atoms with Crippen LogP contribution in [0.2, 0.25) is 0 Å². The number of benzene rings is 1. The first-order valence-corrected chi connectivity index (χ1v) is 12.4. The van der Waals surface area contributed by atoms with Crippen molar-refractivity contribution in [3.8, 4) is 0 Å². The van der Waals surface area contributed by atoms with E-state index in [0.29, 0.717) is 11.1 Å². The largest absolute Gasteiger partial charge is 0.348 e. The van der Waals surface area contributed by atoms with Gasteiger partial charge >= 0.3 is 0 Å². The Morgan fingerprint density at radius 1 is 1.26 bits per heavy atom. The number of Topliss-reactive ketones (excluding diaryl/α,β-unsaturated/α-hetero) is 1. The summed E-state index contributed by atoms with van der Waals surface area (Å²) < 4.78 is 31.1. The van der Waals surface area contributed by atoms with Crippen LogP contribution in [0.5, 0.6) is 0 Å². The Labute approximate surface area is 184 Å². The summed E-state index contributed by atoms with van der Waals surface area (Å²) in [6.07, 6.45) is 0. The average molecular weight is 465 g/mol. The van der Waals surface area contributed by atoms with Gasteiger partial charge in [-0.1, -0.05) is 37.3 Å². The van der Waals surface area contributed by atoms with E-state index in [9.17, 15) is 22.8 Å². The number of carbonyl (C=O) groups is 3. The Bertz CT molecular complexity index is 1050. The van der Waals surface area contributed by atoms with E-state index in [1.807, 2.05) is 0 Å². The maximum absolute atomic E-state index is 13.0. The second kappa shape index (κ2) is 9.29. The summed E-state index contributed by atoms with van der Waals surface area (Å²) in [7, 11) is -3.75. The van der Waals surface area contributed by atoms with Crippen LogP contribution in [0.1, 0.15) is 29.8 Å². The molecule has 31 heavy (non-hydrogen) atoms. The summed E-state index contributed by atoms with van der Waals surface area (Å²) in [6, 6.07) is 8.81. The third kappa shape index (κ3) is 5.78. The van der Waals surface area contributed by atoms with Gasteiger partial charge < -0.3 is 15.4 Å². The van der Waals surface area contributed by atoms with E-state index < -0.39 is 45.1 Å². The third-order valence-electron chi connectivity index (χ3n) is 5.25. The number of ether oxygens (including phenoxy) is 1. The molecule has 3 unspecified atom stereocenters. The van der Waals surface area contributed by atoms with Gasteiger partial charge in [0, 0.05) is 5.38 Å². The Morgan fingerprint density at radius 2 is 1.97 bits per heavy atom.